The summed E-state index contributed by atoms with van der Waals surface area (Å²) in [6, 6.07) is 9.63. The van der Waals surface area contributed by atoms with E-state index in [0.29, 0.717) is 12.0 Å². The molecule has 25 heavy (non-hydrogen) atoms. The standard InChI is InChI=1S/C22H24O3/c1-14-10-16(12-21(24-5)15(14)2)11-19(23)17-6-7-20-18(13-17)8-9-22(3,4)25-20/h6-10,12-13H,11H2,1-5H3. The van der Waals surface area contributed by atoms with Gasteiger partial charge in [-0.25, -0.2) is 0 Å². The van der Waals surface area contributed by atoms with Crippen molar-refractivity contribution in [2.24, 2.45) is 0 Å². The number of hydrogen-bond acceptors (Lipinski definition) is 3. The van der Waals surface area contributed by atoms with Crippen LogP contribution in [0.2, 0.25) is 0 Å². The molecule has 0 saturated carbocycles. The van der Waals surface area contributed by atoms with Gasteiger partial charge in [0.2, 0.25) is 0 Å². The van der Waals surface area contributed by atoms with Crippen LogP contribution in [-0.2, 0) is 6.42 Å². The predicted octanol–water partition coefficient (Wildman–Crippen LogP) is 4.92. The number of methoxy groups -OCH3 is 1. The van der Waals surface area contributed by atoms with Gasteiger partial charge >= 0.3 is 0 Å². The van der Waals surface area contributed by atoms with E-state index in [1.165, 1.54) is 0 Å². The number of rotatable bonds is 4. The second kappa shape index (κ2) is 6.40. The number of hydrogen-bond donors (Lipinski definition) is 0. The second-order valence-corrected chi connectivity index (χ2v) is 7.13. The zero-order valence-corrected chi connectivity index (χ0v) is 15.5. The fraction of sp³-hybridized carbons (Fsp3) is 0.318. The zero-order chi connectivity index (χ0) is 18.2. The van der Waals surface area contributed by atoms with Crippen LogP contribution in [0.4, 0.5) is 0 Å². The Morgan fingerprint density at radius 1 is 1.16 bits per heavy atom. The number of fused-ring (bicyclic) bond motifs is 1. The molecule has 0 unspecified atom stereocenters. The van der Waals surface area contributed by atoms with Crippen molar-refractivity contribution in [3.8, 4) is 11.5 Å². The molecule has 1 heterocycles. The lowest BCUT2D eigenvalue weighted by Crippen LogP contribution is -2.27. The quantitative estimate of drug-likeness (QED) is 0.743. The Kier molecular flexibility index (Phi) is 4.42. The third kappa shape index (κ3) is 3.60. The Morgan fingerprint density at radius 2 is 1.92 bits per heavy atom. The Morgan fingerprint density at radius 3 is 2.64 bits per heavy atom. The van der Waals surface area contributed by atoms with Crippen molar-refractivity contribution in [1.29, 1.82) is 0 Å². The summed E-state index contributed by atoms with van der Waals surface area (Å²) in [5.41, 5.74) is 4.54. The molecule has 3 rings (SSSR count). The minimum Gasteiger partial charge on any atom is -0.496 e. The van der Waals surface area contributed by atoms with Crippen molar-refractivity contribution < 1.29 is 14.3 Å². The smallest absolute Gasteiger partial charge is 0.167 e. The lowest BCUT2D eigenvalue weighted by atomic mass is 9.96. The lowest BCUT2D eigenvalue weighted by molar-refractivity contribution is 0.0993. The van der Waals surface area contributed by atoms with Gasteiger partial charge in [-0.05, 0) is 74.7 Å². The van der Waals surface area contributed by atoms with Gasteiger partial charge in [-0.1, -0.05) is 12.1 Å². The van der Waals surface area contributed by atoms with Crippen LogP contribution in [0, 0.1) is 13.8 Å². The summed E-state index contributed by atoms with van der Waals surface area (Å²) in [4.78, 5) is 12.7. The minimum atomic E-state index is -0.311. The number of carbonyl (C=O) groups excluding carboxylic acids is 1. The molecular weight excluding hydrogens is 312 g/mol. The summed E-state index contributed by atoms with van der Waals surface area (Å²) in [5, 5.41) is 0. The summed E-state index contributed by atoms with van der Waals surface area (Å²) in [7, 11) is 1.66. The first-order valence-electron chi connectivity index (χ1n) is 8.49. The van der Waals surface area contributed by atoms with Crippen LogP contribution in [0.5, 0.6) is 11.5 Å². The maximum absolute atomic E-state index is 12.7. The highest BCUT2D eigenvalue weighted by Gasteiger charge is 2.22. The van der Waals surface area contributed by atoms with Crippen molar-refractivity contribution in [1.82, 2.24) is 0 Å². The van der Waals surface area contributed by atoms with E-state index in [9.17, 15) is 4.79 Å². The number of ketones is 1. The van der Waals surface area contributed by atoms with E-state index in [2.05, 4.69) is 6.07 Å². The van der Waals surface area contributed by atoms with E-state index in [4.69, 9.17) is 9.47 Å². The fourth-order valence-corrected chi connectivity index (χ4v) is 3.05. The fourth-order valence-electron chi connectivity index (χ4n) is 3.05. The van der Waals surface area contributed by atoms with Crippen LogP contribution >= 0.6 is 0 Å². The Bertz CT molecular complexity index is 860. The molecular formula is C22H24O3. The molecule has 130 valence electrons. The average Bonchev–Trinajstić information content (AvgIpc) is 2.56. The summed E-state index contributed by atoms with van der Waals surface area (Å²) >= 11 is 0. The third-order valence-electron chi connectivity index (χ3n) is 4.63. The summed E-state index contributed by atoms with van der Waals surface area (Å²) in [6.45, 7) is 8.09. The number of carbonyl (C=O) groups is 1. The van der Waals surface area contributed by atoms with E-state index in [-0.39, 0.29) is 11.4 Å². The molecule has 0 radical (unpaired) electrons. The molecule has 1 aliphatic heterocycles. The summed E-state index contributed by atoms with van der Waals surface area (Å²) < 4.78 is 11.3. The van der Waals surface area contributed by atoms with Gasteiger partial charge in [0.25, 0.3) is 0 Å². The van der Waals surface area contributed by atoms with E-state index in [1.54, 1.807) is 7.11 Å². The first kappa shape index (κ1) is 17.3. The highest BCUT2D eigenvalue weighted by molar-refractivity contribution is 5.98. The van der Waals surface area contributed by atoms with Gasteiger partial charge < -0.3 is 9.47 Å². The molecule has 3 nitrogen and oxygen atoms in total. The van der Waals surface area contributed by atoms with Crippen LogP contribution in [0.15, 0.2) is 36.4 Å². The highest BCUT2D eigenvalue weighted by Crippen LogP contribution is 2.32. The SMILES string of the molecule is COc1cc(CC(=O)c2ccc3c(c2)C=CC(C)(C)O3)cc(C)c1C. The molecule has 0 saturated heterocycles. The van der Waals surface area contributed by atoms with E-state index in [0.717, 1.165) is 33.8 Å². The minimum absolute atomic E-state index is 0.0892. The molecule has 0 spiro atoms. The zero-order valence-electron chi connectivity index (χ0n) is 15.5. The predicted molar refractivity (Wildman–Crippen MR) is 101 cm³/mol. The molecule has 1 aliphatic rings. The Labute approximate surface area is 149 Å². The van der Waals surface area contributed by atoms with Crippen LogP contribution in [0.25, 0.3) is 6.08 Å². The first-order valence-corrected chi connectivity index (χ1v) is 8.49. The van der Waals surface area contributed by atoms with Crippen molar-refractivity contribution in [2.45, 2.75) is 39.7 Å². The first-order chi connectivity index (χ1) is 11.8. The molecule has 0 fully saturated rings. The molecule has 0 N–H and O–H groups in total. The summed E-state index contributed by atoms with van der Waals surface area (Å²) in [5.74, 6) is 1.73. The second-order valence-electron chi connectivity index (χ2n) is 7.13. The molecule has 2 aromatic carbocycles. The number of Topliss-reactive ketones (excluding diaryl/α,β-unsaturated/α-hetero) is 1. The van der Waals surface area contributed by atoms with Gasteiger partial charge in [0, 0.05) is 17.5 Å². The normalized spacial score (nSPS) is 14.6. The van der Waals surface area contributed by atoms with Crippen molar-refractivity contribution in [3.05, 3.63) is 64.2 Å². The van der Waals surface area contributed by atoms with E-state index < -0.39 is 0 Å². The van der Waals surface area contributed by atoms with Gasteiger partial charge in [0.15, 0.2) is 5.78 Å². The third-order valence-corrected chi connectivity index (χ3v) is 4.63. The molecule has 0 aromatic heterocycles. The topological polar surface area (TPSA) is 35.5 Å². The van der Waals surface area contributed by atoms with Gasteiger partial charge in [0.05, 0.1) is 7.11 Å². The maximum atomic E-state index is 12.7. The van der Waals surface area contributed by atoms with Crippen LogP contribution in [0.1, 0.15) is 46.5 Å². The molecule has 3 heteroatoms. The van der Waals surface area contributed by atoms with Gasteiger partial charge in [-0.15, -0.1) is 0 Å². The number of aryl methyl sites for hydroxylation is 1. The molecule has 0 atom stereocenters. The molecule has 2 aromatic rings. The van der Waals surface area contributed by atoms with Crippen LogP contribution in [-0.4, -0.2) is 18.5 Å². The molecule has 0 aliphatic carbocycles. The largest absolute Gasteiger partial charge is 0.496 e. The average molecular weight is 336 g/mol. The number of ether oxygens (including phenoxy) is 2. The van der Waals surface area contributed by atoms with Crippen LogP contribution in [0.3, 0.4) is 0 Å². The monoisotopic (exact) mass is 336 g/mol. The van der Waals surface area contributed by atoms with Gasteiger partial charge in [-0.3, -0.25) is 4.79 Å². The highest BCUT2D eigenvalue weighted by atomic mass is 16.5. The summed E-state index contributed by atoms with van der Waals surface area (Å²) in [6.07, 6.45) is 4.39. The van der Waals surface area contributed by atoms with E-state index in [1.807, 2.05) is 64.1 Å². The van der Waals surface area contributed by atoms with Crippen molar-refractivity contribution >= 4 is 11.9 Å². The van der Waals surface area contributed by atoms with Crippen LogP contribution < -0.4 is 9.47 Å². The van der Waals surface area contributed by atoms with E-state index >= 15 is 0 Å². The Balaban J connectivity index is 1.84. The molecule has 0 amide bonds. The maximum Gasteiger partial charge on any atom is 0.167 e. The number of benzene rings is 2. The lowest BCUT2D eigenvalue weighted by Gasteiger charge is -2.27. The van der Waals surface area contributed by atoms with Crippen molar-refractivity contribution in [2.75, 3.05) is 7.11 Å². The van der Waals surface area contributed by atoms with Gasteiger partial charge in [-0.2, -0.15) is 0 Å². The molecule has 0 bridgehead atoms. The van der Waals surface area contributed by atoms with Crippen molar-refractivity contribution in [3.63, 3.8) is 0 Å². The Hall–Kier alpha value is -2.55. The van der Waals surface area contributed by atoms with Gasteiger partial charge in [0.1, 0.15) is 17.1 Å².